The Balaban J connectivity index is -0.000000550. The second-order valence-electron chi connectivity index (χ2n) is 10.3. The minimum absolute atomic E-state index is 0. The Morgan fingerprint density at radius 1 is 0.881 bits per heavy atom. The first kappa shape index (κ1) is 43.5. The predicted molar refractivity (Wildman–Crippen MR) is 190 cm³/mol. The average molecular weight is 581 g/mol. The minimum atomic E-state index is -1.14. The molecular formula is C40H62F2. The van der Waals surface area contributed by atoms with E-state index in [0.29, 0.717) is 12.8 Å². The van der Waals surface area contributed by atoms with Gasteiger partial charge in [0.05, 0.1) is 0 Å². The highest BCUT2D eigenvalue weighted by Gasteiger charge is 2.46. The molecular weight excluding hydrogens is 518 g/mol. The fourth-order valence-electron chi connectivity index (χ4n) is 3.88. The molecule has 0 bridgehead atoms. The second kappa shape index (κ2) is 23.6. The van der Waals surface area contributed by atoms with Gasteiger partial charge in [-0.2, -0.15) is 0 Å². The molecule has 0 radical (unpaired) electrons. The number of rotatable bonds is 10. The van der Waals surface area contributed by atoms with E-state index in [-0.39, 0.29) is 13.2 Å². The molecule has 0 atom stereocenters. The topological polar surface area (TPSA) is 0 Å². The number of hydrogen-bond donors (Lipinski definition) is 0. The smallest absolute Gasteiger partial charge is 0.136 e. The zero-order chi connectivity index (χ0) is 32.2. The van der Waals surface area contributed by atoms with E-state index < -0.39 is 5.67 Å². The van der Waals surface area contributed by atoms with Gasteiger partial charge < -0.3 is 0 Å². The Kier molecular flexibility index (Phi) is 24.4. The summed E-state index contributed by atoms with van der Waals surface area (Å²) in [5, 5.41) is 0. The van der Waals surface area contributed by atoms with E-state index in [2.05, 4.69) is 60.4 Å². The summed E-state index contributed by atoms with van der Waals surface area (Å²) < 4.78 is 26.9. The maximum absolute atomic E-state index is 14.2. The first-order valence-electron chi connectivity index (χ1n) is 15.1. The fourth-order valence-corrected chi connectivity index (χ4v) is 3.88. The van der Waals surface area contributed by atoms with E-state index in [1.54, 1.807) is 6.08 Å². The van der Waals surface area contributed by atoms with Crippen molar-refractivity contribution in [3.05, 3.63) is 125 Å². The van der Waals surface area contributed by atoms with E-state index in [1.165, 1.54) is 34.4 Å². The molecule has 1 aliphatic rings. The Bertz CT molecular complexity index is 1110. The quantitative estimate of drug-likeness (QED) is 0.241. The van der Waals surface area contributed by atoms with Gasteiger partial charge in [-0.1, -0.05) is 120 Å². The first-order valence-corrected chi connectivity index (χ1v) is 15.1. The third-order valence-corrected chi connectivity index (χ3v) is 6.68. The molecule has 0 nitrogen and oxygen atoms in total. The minimum Gasteiger partial charge on any atom is -0.239 e. The number of benzene rings is 1. The maximum Gasteiger partial charge on any atom is 0.136 e. The van der Waals surface area contributed by atoms with Gasteiger partial charge in [-0.15, -0.1) is 0 Å². The van der Waals surface area contributed by atoms with Gasteiger partial charge in [-0.3, -0.25) is 0 Å². The molecule has 0 amide bonds. The van der Waals surface area contributed by atoms with Crippen LogP contribution < -0.4 is 0 Å². The highest BCUT2D eigenvalue weighted by molar-refractivity contribution is 5.65. The van der Waals surface area contributed by atoms with Crippen molar-refractivity contribution in [2.75, 3.05) is 0 Å². The van der Waals surface area contributed by atoms with Crippen LogP contribution in [0.1, 0.15) is 121 Å². The average Bonchev–Trinajstić information content (AvgIpc) is 3.70. The van der Waals surface area contributed by atoms with Crippen LogP contribution in [0.4, 0.5) is 8.78 Å². The van der Waals surface area contributed by atoms with Crippen LogP contribution in [0.5, 0.6) is 0 Å². The van der Waals surface area contributed by atoms with Gasteiger partial charge in [0.15, 0.2) is 0 Å². The van der Waals surface area contributed by atoms with Gasteiger partial charge in [0.25, 0.3) is 0 Å². The zero-order valence-electron chi connectivity index (χ0n) is 28.1. The largest absolute Gasteiger partial charge is 0.239 e. The molecule has 0 heterocycles. The summed E-state index contributed by atoms with van der Waals surface area (Å²) in [5.41, 5.74) is 8.76. The van der Waals surface area contributed by atoms with E-state index in [0.717, 1.165) is 47.1 Å². The van der Waals surface area contributed by atoms with E-state index >= 15 is 0 Å². The Hall–Kier alpha value is -3.00. The van der Waals surface area contributed by atoms with Gasteiger partial charge in [-0.05, 0) is 120 Å². The lowest BCUT2D eigenvalue weighted by molar-refractivity contribution is 0.364. The van der Waals surface area contributed by atoms with Crippen LogP contribution in [0, 0.1) is 5.82 Å². The third kappa shape index (κ3) is 16.4. The van der Waals surface area contributed by atoms with Crippen LogP contribution in [0.2, 0.25) is 0 Å². The van der Waals surface area contributed by atoms with Gasteiger partial charge in [0.2, 0.25) is 0 Å². The lowest BCUT2D eigenvalue weighted by Gasteiger charge is -2.13. The predicted octanol–water partition coefficient (Wildman–Crippen LogP) is 14.1. The SMILES string of the molecule is C.C=C(C)C(C)=C(C)C.C=CC(=C\C)/C(=C/C)/C=C(\C(=C)C)C1(F)CC1.CC.CC/C=C(\CCC)c1ccc(F)cc1. The van der Waals surface area contributed by atoms with Crippen molar-refractivity contribution in [2.45, 2.75) is 121 Å². The van der Waals surface area contributed by atoms with Gasteiger partial charge in [0, 0.05) is 0 Å². The molecule has 236 valence electrons. The fraction of sp³-hybridized carbons (Fsp3) is 0.450. The normalized spacial score (nSPS) is 13.8. The maximum atomic E-state index is 14.2. The number of halogens is 2. The van der Waals surface area contributed by atoms with Crippen molar-refractivity contribution in [2.24, 2.45) is 0 Å². The molecule has 0 aliphatic heterocycles. The number of hydrogen-bond acceptors (Lipinski definition) is 0. The molecule has 0 aromatic heterocycles. The monoisotopic (exact) mass is 580 g/mol. The summed E-state index contributed by atoms with van der Waals surface area (Å²) in [6.07, 6.45) is 14.3. The lowest BCUT2D eigenvalue weighted by atomic mass is 9.96. The Labute approximate surface area is 260 Å². The summed E-state index contributed by atoms with van der Waals surface area (Å²) >= 11 is 0. The van der Waals surface area contributed by atoms with Gasteiger partial charge in [-0.25, -0.2) is 8.78 Å². The number of allylic oxidation sites excluding steroid dienone is 13. The molecule has 0 N–H and O–H groups in total. The van der Waals surface area contributed by atoms with Crippen LogP contribution in [-0.2, 0) is 0 Å². The second-order valence-corrected chi connectivity index (χ2v) is 10.3. The number of alkyl halides is 1. The van der Waals surface area contributed by atoms with Crippen LogP contribution in [0.15, 0.2) is 113 Å². The molecule has 0 unspecified atom stereocenters. The molecule has 2 heteroatoms. The molecule has 0 spiro atoms. The van der Waals surface area contributed by atoms with Crippen molar-refractivity contribution in [3.63, 3.8) is 0 Å². The molecule has 2 rings (SSSR count). The molecule has 1 aliphatic carbocycles. The summed E-state index contributed by atoms with van der Waals surface area (Å²) in [5.74, 6) is -0.166. The van der Waals surface area contributed by atoms with Crippen LogP contribution in [0.3, 0.4) is 0 Å². The summed E-state index contributed by atoms with van der Waals surface area (Å²) in [4.78, 5) is 0. The summed E-state index contributed by atoms with van der Waals surface area (Å²) in [6.45, 7) is 33.9. The molecule has 1 fully saturated rings. The molecule has 1 aromatic carbocycles. The molecule has 0 saturated heterocycles. The third-order valence-electron chi connectivity index (χ3n) is 6.68. The van der Waals surface area contributed by atoms with Crippen LogP contribution in [-0.4, -0.2) is 5.67 Å². The standard InChI is InChI=1S/C16H21F.C13H17F.C8H14.C2H6.CH4/c1-6-13(7-2)14(8-3)11-15(12(4)5)16(17)9-10-16;1-3-5-11(6-4-2)12-7-9-13(14)10-8-12;1-6(2)8(5)7(3)4;1-2;/h6-8,11H,1,4,9-10H2,2-3,5H3;5,7-10H,3-4,6H2,1-2H3;1H2,2-5H3;1-2H3;1H4/b13-7+,14-8+,15-11+;11-5+;;;. The van der Waals surface area contributed by atoms with Crippen LogP contribution in [0.25, 0.3) is 5.57 Å². The van der Waals surface area contributed by atoms with Gasteiger partial charge >= 0.3 is 0 Å². The van der Waals surface area contributed by atoms with Crippen molar-refractivity contribution in [1.29, 1.82) is 0 Å². The molecule has 1 saturated carbocycles. The Morgan fingerprint density at radius 3 is 1.67 bits per heavy atom. The van der Waals surface area contributed by atoms with Crippen molar-refractivity contribution >= 4 is 5.57 Å². The first-order chi connectivity index (χ1) is 19.3. The highest BCUT2D eigenvalue weighted by Crippen LogP contribution is 2.49. The van der Waals surface area contributed by atoms with Gasteiger partial charge in [0.1, 0.15) is 11.5 Å². The zero-order valence-corrected chi connectivity index (χ0v) is 28.1. The van der Waals surface area contributed by atoms with Crippen molar-refractivity contribution in [3.8, 4) is 0 Å². The lowest BCUT2D eigenvalue weighted by Crippen LogP contribution is -2.06. The van der Waals surface area contributed by atoms with E-state index in [9.17, 15) is 8.78 Å². The molecule has 42 heavy (non-hydrogen) atoms. The Morgan fingerprint density at radius 2 is 1.38 bits per heavy atom. The molecule has 1 aromatic rings. The van der Waals surface area contributed by atoms with Crippen molar-refractivity contribution < 1.29 is 8.78 Å². The van der Waals surface area contributed by atoms with Crippen molar-refractivity contribution in [1.82, 2.24) is 0 Å². The van der Waals surface area contributed by atoms with Crippen LogP contribution >= 0.6 is 0 Å². The summed E-state index contributed by atoms with van der Waals surface area (Å²) in [7, 11) is 0. The van der Waals surface area contributed by atoms with E-state index in [1.807, 2.05) is 71.9 Å². The highest BCUT2D eigenvalue weighted by atomic mass is 19.1. The van der Waals surface area contributed by atoms with E-state index in [4.69, 9.17) is 0 Å². The summed E-state index contributed by atoms with van der Waals surface area (Å²) in [6, 6.07) is 6.75.